The molecule has 1 fully saturated rings. The number of anilines is 1. The maximum Gasteiger partial charge on any atom is 0.341 e. The van der Waals surface area contributed by atoms with Crippen molar-refractivity contribution < 1.29 is 14.3 Å². The number of pyridine rings is 1. The Morgan fingerprint density at radius 1 is 1.24 bits per heavy atom. The largest absolute Gasteiger partial charge is 0.465 e. The molecule has 1 amide bonds. The van der Waals surface area contributed by atoms with Gasteiger partial charge in [-0.3, -0.25) is 9.59 Å². The van der Waals surface area contributed by atoms with Gasteiger partial charge >= 0.3 is 5.97 Å². The molecule has 1 aliphatic carbocycles. The number of thiophene rings is 1. The number of hydrogen-bond acceptors (Lipinski definition) is 7. The number of thiocarbonyl (C=S) groups is 1. The van der Waals surface area contributed by atoms with E-state index in [1.54, 1.807) is 6.07 Å². The summed E-state index contributed by atoms with van der Waals surface area (Å²) in [6.07, 6.45) is 4.99. The Hall–Kier alpha value is -2.17. The summed E-state index contributed by atoms with van der Waals surface area (Å²) in [5.41, 5.74) is 2.69. The van der Waals surface area contributed by atoms with E-state index in [1.165, 1.54) is 35.1 Å². The van der Waals surface area contributed by atoms with Crippen LogP contribution in [0.15, 0.2) is 23.0 Å². The topological polar surface area (TPSA) is 80.6 Å². The first-order valence-corrected chi connectivity index (χ1v) is 13.8. The average molecular weight is 518 g/mol. The lowest BCUT2D eigenvalue weighted by molar-refractivity contribution is -0.113. The van der Waals surface area contributed by atoms with Gasteiger partial charge in [-0.2, -0.15) is 0 Å². The van der Waals surface area contributed by atoms with E-state index in [2.05, 4.69) is 10.2 Å². The summed E-state index contributed by atoms with van der Waals surface area (Å²) in [7, 11) is 1.37. The van der Waals surface area contributed by atoms with Crippen LogP contribution in [0.3, 0.4) is 0 Å². The first-order chi connectivity index (χ1) is 16.4. The van der Waals surface area contributed by atoms with Gasteiger partial charge in [0.05, 0.1) is 18.4 Å². The number of aromatic nitrogens is 1. The second-order valence-corrected chi connectivity index (χ2v) is 11.8. The van der Waals surface area contributed by atoms with Gasteiger partial charge in [-0.25, -0.2) is 4.79 Å². The van der Waals surface area contributed by atoms with Crippen molar-refractivity contribution in [2.75, 3.05) is 31.3 Å². The van der Waals surface area contributed by atoms with Crippen molar-refractivity contribution in [2.45, 2.75) is 44.6 Å². The highest BCUT2D eigenvalue weighted by Gasteiger charge is 2.35. The highest BCUT2D eigenvalue weighted by molar-refractivity contribution is 8.23. The number of rotatable bonds is 4. The molecule has 0 unspecified atom stereocenters. The van der Waals surface area contributed by atoms with Crippen LogP contribution in [0.4, 0.5) is 5.00 Å². The Bertz CT molecular complexity index is 1200. The van der Waals surface area contributed by atoms with Gasteiger partial charge in [0, 0.05) is 42.2 Å². The van der Waals surface area contributed by atoms with Crippen LogP contribution in [0.25, 0.3) is 0 Å². The number of piperidine rings is 1. The summed E-state index contributed by atoms with van der Waals surface area (Å²) in [5.74, 6) is 0.263. The van der Waals surface area contributed by atoms with Crippen LogP contribution in [0.5, 0.6) is 0 Å². The highest BCUT2D eigenvalue weighted by Crippen LogP contribution is 2.39. The Kier molecular flexibility index (Phi) is 6.81. The van der Waals surface area contributed by atoms with Crippen molar-refractivity contribution in [3.8, 4) is 0 Å². The van der Waals surface area contributed by atoms with E-state index >= 15 is 0 Å². The third kappa shape index (κ3) is 4.55. The molecular formula is C24H27N3O4S3. The molecule has 0 saturated carbocycles. The number of nitrogens with zero attached hydrogens (tertiary/aromatic N) is 2. The molecular weight excluding hydrogens is 490 g/mol. The molecule has 1 N–H and O–H groups in total. The fourth-order valence-corrected chi connectivity index (χ4v) is 7.68. The van der Waals surface area contributed by atoms with E-state index in [0.717, 1.165) is 63.0 Å². The number of ether oxygens (including phenoxy) is 1. The Morgan fingerprint density at radius 3 is 2.88 bits per heavy atom. The van der Waals surface area contributed by atoms with Crippen LogP contribution in [0, 0.1) is 5.92 Å². The van der Waals surface area contributed by atoms with E-state index in [-0.39, 0.29) is 23.1 Å². The number of methoxy groups -OCH3 is 1. The molecule has 7 nitrogen and oxygen atoms in total. The number of likely N-dealkylation sites (tertiary alicyclic amines) is 1. The second-order valence-electron chi connectivity index (χ2n) is 9.11. The van der Waals surface area contributed by atoms with E-state index in [9.17, 15) is 14.4 Å². The summed E-state index contributed by atoms with van der Waals surface area (Å²) in [6, 6.07) is 5.49. The Balaban J connectivity index is 1.22. The summed E-state index contributed by atoms with van der Waals surface area (Å²) >= 11 is 8.53. The second kappa shape index (κ2) is 9.83. The number of carbonyl (C=O) groups excluding carboxylic acids is 2. The Morgan fingerprint density at radius 2 is 2.06 bits per heavy atom. The minimum atomic E-state index is -0.392. The summed E-state index contributed by atoms with van der Waals surface area (Å²) in [4.78, 5) is 40.8. The first kappa shape index (κ1) is 23.6. The number of fused-ring (bicyclic) bond motifs is 5. The maximum absolute atomic E-state index is 12.8. The number of thioether (sulfide) groups is 1. The summed E-state index contributed by atoms with van der Waals surface area (Å²) in [5, 5.41) is 3.53. The van der Waals surface area contributed by atoms with Gasteiger partial charge in [0.1, 0.15) is 9.32 Å². The quantitative estimate of drug-likeness (QED) is 0.490. The van der Waals surface area contributed by atoms with Crippen LogP contribution in [-0.2, 0) is 28.9 Å². The predicted octanol–water partition coefficient (Wildman–Crippen LogP) is 3.65. The SMILES string of the molecule is COC(=O)c1c(NC(=O)CSC(=S)N2C[C@H]3C[C@H](C2)c2cccc(=O)n2C3)sc2c1CCCC2. The number of aryl methyl sites for hydroxylation is 1. The molecule has 2 aromatic rings. The molecule has 2 bridgehead atoms. The summed E-state index contributed by atoms with van der Waals surface area (Å²) in [6.45, 7) is 2.28. The van der Waals surface area contributed by atoms with Gasteiger partial charge in [0.2, 0.25) is 5.91 Å². The number of nitrogens with one attached hydrogen (secondary N) is 1. The molecule has 3 aliphatic rings. The van der Waals surface area contributed by atoms with Gasteiger partial charge in [0.25, 0.3) is 5.56 Å². The lowest BCUT2D eigenvalue weighted by Gasteiger charge is -2.43. The molecule has 2 aromatic heterocycles. The van der Waals surface area contributed by atoms with Crippen LogP contribution < -0.4 is 10.9 Å². The average Bonchev–Trinajstić information content (AvgIpc) is 3.20. The Labute approximate surface area is 211 Å². The zero-order valence-electron chi connectivity index (χ0n) is 19.0. The number of amides is 1. The molecule has 2 atom stereocenters. The molecule has 180 valence electrons. The lowest BCUT2D eigenvalue weighted by atomic mass is 9.83. The van der Waals surface area contributed by atoms with Crippen molar-refractivity contribution in [1.82, 2.24) is 9.47 Å². The van der Waals surface area contributed by atoms with E-state index in [1.807, 2.05) is 16.7 Å². The molecule has 0 radical (unpaired) electrons. The highest BCUT2D eigenvalue weighted by atomic mass is 32.2. The van der Waals surface area contributed by atoms with Crippen LogP contribution in [0.1, 0.15) is 51.7 Å². The van der Waals surface area contributed by atoms with Crippen molar-refractivity contribution in [3.63, 3.8) is 0 Å². The third-order valence-corrected chi connectivity index (χ3v) is 9.61. The monoisotopic (exact) mass is 517 g/mol. The normalized spacial score (nSPS) is 20.8. The molecule has 10 heteroatoms. The van der Waals surface area contributed by atoms with Crippen LogP contribution in [-0.4, -0.2) is 51.6 Å². The van der Waals surface area contributed by atoms with Gasteiger partial charge in [-0.15, -0.1) is 11.3 Å². The minimum absolute atomic E-state index is 0.0656. The lowest BCUT2D eigenvalue weighted by Crippen LogP contribution is -2.48. The molecule has 0 spiro atoms. The van der Waals surface area contributed by atoms with Crippen molar-refractivity contribution in [1.29, 1.82) is 0 Å². The zero-order valence-corrected chi connectivity index (χ0v) is 21.5. The zero-order chi connectivity index (χ0) is 23.8. The van der Waals surface area contributed by atoms with E-state index in [0.29, 0.717) is 20.8 Å². The first-order valence-electron chi connectivity index (χ1n) is 11.6. The number of esters is 1. The van der Waals surface area contributed by atoms with Gasteiger partial charge in [-0.1, -0.05) is 30.0 Å². The molecule has 1 saturated heterocycles. The summed E-state index contributed by atoms with van der Waals surface area (Å²) < 4.78 is 7.60. The van der Waals surface area contributed by atoms with E-state index in [4.69, 9.17) is 17.0 Å². The number of hydrogen-bond donors (Lipinski definition) is 1. The van der Waals surface area contributed by atoms with Gasteiger partial charge < -0.3 is 19.5 Å². The fourth-order valence-electron chi connectivity index (χ4n) is 5.40. The van der Waals surface area contributed by atoms with Crippen molar-refractivity contribution >= 4 is 56.5 Å². The van der Waals surface area contributed by atoms with Crippen molar-refractivity contribution in [2.24, 2.45) is 5.92 Å². The molecule has 0 aromatic carbocycles. The van der Waals surface area contributed by atoms with Gasteiger partial charge in [-0.05, 0) is 49.7 Å². The smallest absolute Gasteiger partial charge is 0.341 e. The maximum atomic E-state index is 12.8. The van der Waals surface area contributed by atoms with Crippen LogP contribution in [0.2, 0.25) is 0 Å². The molecule has 4 heterocycles. The minimum Gasteiger partial charge on any atom is -0.465 e. The molecule has 2 aliphatic heterocycles. The molecule has 34 heavy (non-hydrogen) atoms. The third-order valence-electron chi connectivity index (χ3n) is 6.88. The fraction of sp³-hybridized carbons (Fsp3) is 0.500. The van der Waals surface area contributed by atoms with E-state index < -0.39 is 5.97 Å². The predicted molar refractivity (Wildman–Crippen MR) is 139 cm³/mol. The van der Waals surface area contributed by atoms with Crippen molar-refractivity contribution in [3.05, 3.63) is 50.3 Å². The molecule has 5 rings (SSSR count). The standard InChI is InChI=1S/C24H27N3O4S3/c1-31-23(30)21-16-5-2-3-7-18(16)34-22(21)25-19(28)13-33-24(32)26-10-14-9-15(12-26)17-6-4-8-20(29)27(17)11-14/h4,6,8,14-15H,2-3,5,7,9-13H2,1H3,(H,25,28)/t14-,15-/m1/s1. The van der Waals surface area contributed by atoms with Gasteiger partial charge in [0.15, 0.2) is 0 Å². The van der Waals surface area contributed by atoms with Crippen LogP contribution >= 0.6 is 35.3 Å². The number of carbonyl (C=O) groups is 2.